The number of rotatable bonds is 7. The van der Waals surface area contributed by atoms with Gasteiger partial charge in [0.15, 0.2) is 0 Å². The van der Waals surface area contributed by atoms with E-state index in [-0.39, 0.29) is 6.04 Å². The molecule has 2 N–H and O–H groups in total. The van der Waals surface area contributed by atoms with Gasteiger partial charge in [-0.2, -0.15) is 0 Å². The van der Waals surface area contributed by atoms with E-state index >= 15 is 0 Å². The van der Waals surface area contributed by atoms with E-state index < -0.39 is 0 Å². The molecule has 0 saturated heterocycles. The molecule has 1 fully saturated rings. The Kier molecular flexibility index (Phi) is 5.09. The van der Waals surface area contributed by atoms with E-state index in [2.05, 4.69) is 50.8 Å². The van der Waals surface area contributed by atoms with E-state index in [1.807, 2.05) is 0 Å². The van der Waals surface area contributed by atoms with Crippen LogP contribution in [0.3, 0.4) is 0 Å². The zero-order valence-corrected chi connectivity index (χ0v) is 13.5. The van der Waals surface area contributed by atoms with Gasteiger partial charge in [-0.25, -0.2) is 0 Å². The second-order valence-electron chi connectivity index (χ2n) is 6.78. The van der Waals surface area contributed by atoms with Crippen LogP contribution in [0.15, 0.2) is 18.2 Å². The van der Waals surface area contributed by atoms with Crippen LogP contribution in [0, 0.1) is 12.8 Å². The number of aryl methyl sites for hydroxylation is 1. The summed E-state index contributed by atoms with van der Waals surface area (Å²) >= 11 is 0. The second kappa shape index (κ2) is 6.62. The number of nitrogens with zero attached hydrogens (tertiary/aromatic N) is 1. The SMILES string of the molecule is CCC(N)Cc1cc(C)ccc1N(CC(C)C)C1CC1. The van der Waals surface area contributed by atoms with Crippen molar-refractivity contribution in [3.8, 4) is 0 Å². The summed E-state index contributed by atoms with van der Waals surface area (Å²) < 4.78 is 0. The molecule has 0 amide bonds. The smallest absolute Gasteiger partial charge is 0.0402 e. The highest BCUT2D eigenvalue weighted by Crippen LogP contribution is 2.35. The molecule has 1 aliphatic carbocycles. The van der Waals surface area contributed by atoms with Gasteiger partial charge in [-0.05, 0) is 50.2 Å². The molecule has 0 aromatic heterocycles. The van der Waals surface area contributed by atoms with Crippen LogP contribution in [-0.4, -0.2) is 18.6 Å². The number of hydrogen-bond acceptors (Lipinski definition) is 2. The summed E-state index contributed by atoms with van der Waals surface area (Å²) in [5.41, 5.74) is 10.4. The van der Waals surface area contributed by atoms with Crippen molar-refractivity contribution in [3.63, 3.8) is 0 Å². The van der Waals surface area contributed by atoms with Crippen LogP contribution >= 0.6 is 0 Å². The maximum absolute atomic E-state index is 6.20. The van der Waals surface area contributed by atoms with Crippen molar-refractivity contribution < 1.29 is 0 Å². The summed E-state index contributed by atoms with van der Waals surface area (Å²) in [6.07, 6.45) is 4.73. The quantitative estimate of drug-likeness (QED) is 0.817. The van der Waals surface area contributed by atoms with Crippen molar-refractivity contribution in [2.24, 2.45) is 11.7 Å². The Morgan fingerprint density at radius 3 is 2.55 bits per heavy atom. The van der Waals surface area contributed by atoms with Gasteiger partial charge in [0.1, 0.15) is 0 Å². The minimum atomic E-state index is 0.274. The minimum absolute atomic E-state index is 0.274. The van der Waals surface area contributed by atoms with Crippen molar-refractivity contribution in [1.29, 1.82) is 0 Å². The molecule has 1 aromatic carbocycles. The topological polar surface area (TPSA) is 29.3 Å². The first-order valence-electron chi connectivity index (χ1n) is 8.13. The fourth-order valence-corrected chi connectivity index (χ4v) is 2.81. The molecule has 1 atom stereocenters. The Labute approximate surface area is 124 Å². The van der Waals surface area contributed by atoms with Crippen molar-refractivity contribution in [2.75, 3.05) is 11.4 Å². The highest BCUT2D eigenvalue weighted by atomic mass is 15.2. The number of hydrogen-bond donors (Lipinski definition) is 1. The minimum Gasteiger partial charge on any atom is -0.368 e. The fraction of sp³-hybridized carbons (Fsp3) is 0.667. The van der Waals surface area contributed by atoms with Crippen molar-refractivity contribution in [1.82, 2.24) is 0 Å². The predicted octanol–water partition coefficient (Wildman–Crippen LogP) is 3.90. The third-order valence-electron chi connectivity index (χ3n) is 4.10. The second-order valence-corrected chi connectivity index (χ2v) is 6.78. The number of benzene rings is 1. The van der Waals surface area contributed by atoms with Gasteiger partial charge in [0.05, 0.1) is 0 Å². The summed E-state index contributed by atoms with van der Waals surface area (Å²) in [4.78, 5) is 2.63. The molecular formula is C18H30N2. The lowest BCUT2D eigenvalue weighted by Crippen LogP contribution is -2.31. The molecule has 112 valence electrons. The lowest BCUT2D eigenvalue weighted by atomic mass is 9.99. The Balaban J connectivity index is 2.27. The molecule has 1 unspecified atom stereocenters. The van der Waals surface area contributed by atoms with Crippen LogP contribution in [-0.2, 0) is 6.42 Å². The standard InChI is InChI=1S/C18H30N2/c1-5-16(19)11-15-10-14(4)6-9-18(15)20(12-13(2)3)17-7-8-17/h6,9-10,13,16-17H,5,7-8,11-12,19H2,1-4H3. The Hall–Kier alpha value is -1.02. The highest BCUT2D eigenvalue weighted by Gasteiger charge is 2.30. The van der Waals surface area contributed by atoms with Gasteiger partial charge in [-0.3, -0.25) is 0 Å². The van der Waals surface area contributed by atoms with Crippen LogP contribution in [0.25, 0.3) is 0 Å². The van der Waals surface area contributed by atoms with Gasteiger partial charge in [-0.1, -0.05) is 38.5 Å². The van der Waals surface area contributed by atoms with Gasteiger partial charge in [0, 0.05) is 24.3 Å². The van der Waals surface area contributed by atoms with Gasteiger partial charge < -0.3 is 10.6 Å². The van der Waals surface area contributed by atoms with Gasteiger partial charge in [0.2, 0.25) is 0 Å². The first kappa shape index (κ1) is 15.4. The van der Waals surface area contributed by atoms with E-state index in [4.69, 9.17) is 5.73 Å². The lowest BCUT2D eigenvalue weighted by Gasteiger charge is -2.30. The normalized spacial score (nSPS) is 16.5. The average molecular weight is 274 g/mol. The molecule has 2 heteroatoms. The molecule has 0 aliphatic heterocycles. The summed E-state index contributed by atoms with van der Waals surface area (Å²) in [6, 6.07) is 7.92. The molecule has 1 saturated carbocycles. The summed E-state index contributed by atoms with van der Waals surface area (Å²) in [6.45, 7) is 10.1. The van der Waals surface area contributed by atoms with Gasteiger partial charge >= 0.3 is 0 Å². The maximum Gasteiger partial charge on any atom is 0.0402 e. The van der Waals surface area contributed by atoms with Crippen molar-refractivity contribution in [2.45, 2.75) is 65.5 Å². The monoisotopic (exact) mass is 274 g/mol. The molecule has 2 nitrogen and oxygen atoms in total. The average Bonchev–Trinajstić information content (AvgIpc) is 3.20. The molecule has 0 heterocycles. The van der Waals surface area contributed by atoms with Crippen LogP contribution in [0.5, 0.6) is 0 Å². The van der Waals surface area contributed by atoms with E-state index in [0.717, 1.165) is 25.4 Å². The molecule has 20 heavy (non-hydrogen) atoms. The first-order valence-corrected chi connectivity index (χ1v) is 8.13. The third-order valence-corrected chi connectivity index (χ3v) is 4.10. The van der Waals surface area contributed by atoms with Crippen LogP contribution in [0.2, 0.25) is 0 Å². The van der Waals surface area contributed by atoms with E-state index in [0.29, 0.717) is 5.92 Å². The zero-order valence-electron chi connectivity index (χ0n) is 13.5. The van der Waals surface area contributed by atoms with Crippen molar-refractivity contribution in [3.05, 3.63) is 29.3 Å². The van der Waals surface area contributed by atoms with Gasteiger partial charge in [0.25, 0.3) is 0 Å². The summed E-state index contributed by atoms with van der Waals surface area (Å²) in [7, 11) is 0. The van der Waals surface area contributed by atoms with Crippen LogP contribution < -0.4 is 10.6 Å². The Bertz CT molecular complexity index is 435. The van der Waals surface area contributed by atoms with E-state index in [9.17, 15) is 0 Å². The Morgan fingerprint density at radius 1 is 1.30 bits per heavy atom. The molecule has 1 aliphatic rings. The van der Waals surface area contributed by atoms with Gasteiger partial charge in [-0.15, -0.1) is 0 Å². The highest BCUT2D eigenvalue weighted by molar-refractivity contribution is 5.57. The lowest BCUT2D eigenvalue weighted by molar-refractivity contribution is 0.600. The molecule has 0 spiro atoms. The number of anilines is 1. The molecule has 0 radical (unpaired) electrons. The van der Waals surface area contributed by atoms with Crippen molar-refractivity contribution >= 4 is 5.69 Å². The first-order chi connectivity index (χ1) is 9.51. The Morgan fingerprint density at radius 2 is 2.00 bits per heavy atom. The molecular weight excluding hydrogens is 244 g/mol. The van der Waals surface area contributed by atoms with E-state index in [1.165, 1.54) is 29.7 Å². The molecule has 0 bridgehead atoms. The maximum atomic E-state index is 6.20. The molecule has 2 rings (SSSR count). The van der Waals surface area contributed by atoms with E-state index in [1.54, 1.807) is 0 Å². The molecule has 1 aromatic rings. The fourth-order valence-electron chi connectivity index (χ4n) is 2.81. The largest absolute Gasteiger partial charge is 0.368 e. The summed E-state index contributed by atoms with van der Waals surface area (Å²) in [5, 5.41) is 0. The van der Waals surface area contributed by atoms with Crippen LogP contribution in [0.1, 0.15) is 51.2 Å². The predicted molar refractivity (Wildman–Crippen MR) is 88.4 cm³/mol. The third kappa shape index (κ3) is 3.99. The number of nitrogens with two attached hydrogens (primary N) is 1. The zero-order chi connectivity index (χ0) is 14.7. The summed E-state index contributed by atoms with van der Waals surface area (Å²) in [5.74, 6) is 0.699. The van der Waals surface area contributed by atoms with Crippen LogP contribution in [0.4, 0.5) is 5.69 Å².